The molecule has 0 radical (unpaired) electrons. The summed E-state index contributed by atoms with van der Waals surface area (Å²) in [7, 11) is 0. The number of hydrogen-bond donors (Lipinski definition) is 1. The van der Waals surface area contributed by atoms with Crippen LogP contribution < -0.4 is 5.32 Å². The Morgan fingerprint density at radius 3 is 2.88 bits per heavy atom. The second-order valence-electron chi connectivity index (χ2n) is 6.60. The first kappa shape index (κ1) is 17.5. The van der Waals surface area contributed by atoms with Crippen LogP contribution in [0.2, 0.25) is 5.02 Å². The Bertz CT molecular complexity index is 926. The molecule has 3 aromatic rings. The third-order valence-electron chi connectivity index (χ3n) is 4.87. The summed E-state index contributed by atoms with van der Waals surface area (Å²) in [6, 6.07) is 4.97. The minimum atomic E-state index is -0.396. The van der Waals surface area contributed by atoms with E-state index in [0.717, 1.165) is 35.6 Å². The zero-order valence-electron chi connectivity index (χ0n) is 14.2. The monoisotopic (exact) mass is 391 g/mol. The number of nitrogens with zero attached hydrogens (tertiary/aromatic N) is 2. The Hall–Kier alpha value is -1.92. The van der Waals surface area contributed by atoms with Gasteiger partial charge in [-0.3, -0.25) is 4.40 Å². The summed E-state index contributed by atoms with van der Waals surface area (Å²) in [5.41, 5.74) is 1.67. The number of imidazole rings is 1. The number of thiazole rings is 1. The molecule has 1 saturated carbocycles. The van der Waals surface area contributed by atoms with E-state index >= 15 is 0 Å². The fourth-order valence-corrected chi connectivity index (χ4v) is 4.77. The smallest absolute Gasteiger partial charge is 0.196 e. The molecule has 0 amide bonds. The van der Waals surface area contributed by atoms with Crippen molar-refractivity contribution in [2.45, 2.75) is 44.6 Å². The molecule has 0 bridgehead atoms. The molecule has 26 heavy (non-hydrogen) atoms. The summed E-state index contributed by atoms with van der Waals surface area (Å²) in [5.74, 6) is 0.337. The van der Waals surface area contributed by atoms with Crippen molar-refractivity contribution in [3.8, 4) is 11.3 Å². The third-order valence-corrected chi connectivity index (χ3v) is 6.06. The molecular formula is C19H19ClFN3OS. The van der Waals surface area contributed by atoms with Gasteiger partial charge in [0.15, 0.2) is 4.96 Å². The van der Waals surface area contributed by atoms with E-state index in [9.17, 15) is 9.18 Å². The molecule has 0 atom stereocenters. The predicted octanol–water partition coefficient (Wildman–Crippen LogP) is 5.34. The third kappa shape index (κ3) is 3.12. The molecule has 136 valence electrons. The second kappa shape index (κ2) is 7.37. The van der Waals surface area contributed by atoms with Gasteiger partial charge in [-0.15, -0.1) is 11.3 Å². The van der Waals surface area contributed by atoms with Crippen LogP contribution in [0.3, 0.4) is 0 Å². The van der Waals surface area contributed by atoms with E-state index in [1.807, 2.05) is 9.78 Å². The Labute approximate surface area is 160 Å². The molecule has 1 aliphatic rings. The molecule has 0 unspecified atom stereocenters. The van der Waals surface area contributed by atoms with Gasteiger partial charge < -0.3 is 10.1 Å². The van der Waals surface area contributed by atoms with Gasteiger partial charge in [-0.05, 0) is 25.0 Å². The SMILES string of the molecule is O=CCc1csc2nc(-c3c(F)cccc3Cl)c(NC3CCCCC3)n12. The predicted molar refractivity (Wildman–Crippen MR) is 104 cm³/mol. The minimum Gasteiger partial charge on any atom is -0.367 e. The van der Waals surface area contributed by atoms with Gasteiger partial charge in [-0.2, -0.15) is 0 Å². The highest BCUT2D eigenvalue weighted by atomic mass is 35.5. The van der Waals surface area contributed by atoms with Crippen LogP contribution in [-0.2, 0) is 11.2 Å². The van der Waals surface area contributed by atoms with Gasteiger partial charge in [0.1, 0.15) is 23.6 Å². The summed E-state index contributed by atoms with van der Waals surface area (Å²) in [5, 5.41) is 5.84. The summed E-state index contributed by atoms with van der Waals surface area (Å²) in [4.78, 5) is 16.5. The number of nitrogens with one attached hydrogen (secondary N) is 1. The lowest BCUT2D eigenvalue weighted by Gasteiger charge is -2.24. The summed E-state index contributed by atoms with van der Waals surface area (Å²) >= 11 is 7.75. The van der Waals surface area contributed by atoms with E-state index in [0.29, 0.717) is 28.7 Å². The number of rotatable bonds is 5. The van der Waals surface area contributed by atoms with Gasteiger partial charge in [0, 0.05) is 23.5 Å². The fourth-order valence-electron chi connectivity index (χ4n) is 3.62. The van der Waals surface area contributed by atoms with Gasteiger partial charge in [-0.25, -0.2) is 9.37 Å². The Kier molecular flexibility index (Phi) is 4.96. The number of aromatic nitrogens is 2. The highest BCUT2D eigenvalue weighted by molar-refractivity contribution is 7.15. The molecule has 2 aromatic heterocycles. The van der Waals surface area contributed by atoms with Crippen molar-refractivity contribution in [3.05, 3.63) is 40.1 Å². The standard InChI is InChI=1S/C19H19ClFN3OS/c20-14-7-4-8-15(21)16(14)17-18(22-12-5-2-1-3-6-12)24-13(9-10-25)11-26-19(24)23-17/h4,7-8,10-12,22H,1-3,5-6,9H2. The van der Waals surface area contributed by atoms with E-state index in [1.165, 1.54) is 36.7 Å². The van der Waals surface area contributed by atoms with E-state index in [-0.39, 0.29) is 0 Å². The average Bonchev–Trinajstić information content (AvgIpc) is 3.17. The van der Waals surface area contributed by atoms with Gasteiger partial charge in [0.25, 0.3) is 0 Å². The van der Waals surface area contributed by atoms with Gasteiger partial charge in [-0.1, -0.05) is 36.9 Å². The molecule has 4 rings (SSSR count). The highest BCUT2D eigenvalue weighted by Gasteiger charge is 2.24. The molecule has 1 N–H and O–H groups in total. The normalized spacial score (nSPS) is 15.5. The molecule has 0 saturated heterocycles. The Morgan fingerprint density at radius 2 is 2.15 bits per heavy atom. The van der Waals surface area contributed by atoms with Crippen LogP contribution in [0.5, 0.6) is 0 Å². The Morgan fingerprint density at radius 1 is 1.35 bits per heavy atom. The van der Waals surface area contributed by atoms with E-state index in [1.54, 1.807) is 12.1 Å². The molecule has 0 spiro atoms. The number of aldehydes is 1. The van der Waals surface area contributed by atoms with E-state index in [4.69, 9.17) is 11.6 Å². The van der Waals surface area contributed by atoms with Crippen LogP contribution in [-0.4, -0.2) is 21.7 Å². The van der Waals surface area contributed by atoms with E-state index < -0.39 is 5.82 Å². The van der Waals surface area contributed by atoms with Crippen molar-refractivity contribution in [1.82, 2.24) is 9.38 Å². The van der Waals surface area contributed by atoms with Crippen LogP contribution in [0.1, 0.15) is 37.8 Å². The minimum absolute atomic E-state index is 0.292. The van der Waals surface area contributed by atoms with Gasteiger partial charge >= 0.3 is 0 Å². The maximum atomic E-state index is 14.6. The summed E-state index contributed by atoms with van der Waals surface area (Å²) in [6.07, 6.45) is 6.93. The maximum Gasteiger partial charge on any atom is 0.196 e. The molecule has 4 nitrogen and oxygen atoms in total. The van der Waals surface area contributed by atoms with Crippen LogP contribution in [0.4, 0.5) is 10.2 Å². The van der Waals surface area contributed by atoms with Crippen molar-refractivity contribution in [1.29, 1.82) is 0 Å². The van der Waals surface area contributed by atoms with Crippen LogP contribution in [0.15, 0.2) is 23.6 Å². The largest absolute Gasteiger partial charge is 0.367 e. The Balaban J connectivity index is 1.88. The van der Waals surface area contributed by atoms with Crippen LogP contribution >= 0.6 is 22.9 Å². The first-order valence-corrected chi connectivity index (χ1v) is 10.1. The van der Waals surface area contributed by atoms with Crippen molar-refractivity contribution in [2.24, 2.45) is 0 Å². The van der Waals surface area contributed by atoms with Crippen LogP contribution in [0.25, 0.3) is 16.2 Å². The number of hydrogen-bond acceptors (Lipinski definition) is 4. The number of fused-ring (bicyclic) bond motifs is 1. The fraction of sp³-hybridized carbons (Fsp3) is 0.368. The van der Waals surface area contributed by atoms with Crippen molar-refractivity contribution < 1.29 is 9.18 Å². The molecule has 0 aliphatic heterocycles. The molecule has 1 aromatic carbocycles. The first-order valence-electron chi connectivity index (χ1n) is 8.82. The van der Waals surface area contributed by atoms with Crippen LogP contribution in [0, 0.1) is 5.82 Å². The number of anilines is 1. The van der Waals surface area contributed by atoms with E-state index in [2.05, 4.69) is 10.3 Å². The molecular weight excluding hydrogens is 373 g/mol. The zero-order chi connectivity index (χ0) is 18.1. The molecule has 1 aliphatic carbocycles. The summed E-state index contributed by atoms with van der Waals surface area (Å²) in [6.45, 7) is 0. The number of benzene rings is 1. The first-order chi connectivity index (χ1) is 12.7. The van der Waals surface area contributed by atoms with Gasteiger partial charge in [0.05, 0.1) is 10.6 Å². The topological polar surface area (TPSA) is 46.4 Å². The molecule has 7 heteroatoms. The van der Waals surface area contributed by atoms with Gasteiger partial charge in [0.2, 0.25) is 0 Å². The van der Waals surface area contributed by atoms with Crippen molar-refractivity contribution in [3.63, 3.8) is 0 Å². The quantitative estimate of drug-likeness (QED) is 0.597. The lowest BCUT2D eigenvalue weighted by molar-refractivity contribution is -0.107. The van der Waals surface area contributed by atoms with Crippen molar-refractivity contribution in [2.75, 3.05) is 5.32 Å². The summed E-state index contributed by atoms with van der Waals surface area (Å²) < 4.78 is 16.5. The highest BCUT2D eigenvalue weighted by Crippen LogP contribution is 2.38. The average molecular weight is 392 g/mol. The lowest BCUT2D eigenvalue weighted by atomic mass is 9.95. The van der Waals surface area contributed by atoms with Crippen molar-refractivity contribution >= 4 is 40.0 Å². The second-order valence-corrected chi connectivity index (χ2v) is 7.84. The number of halogens is 2. The lowest BCUT2D eigenvalue weighted by Crippen LogP contribution is -2.23. The molecule has 2 heterocycles. The number of carbonyl (C=O) groups is 1. The number of carbonyl (C=O) groups excluding carboxylic acids is 1. The molecule has 1 fully saturated rings. The maximum absolute atomic E-state index is 14.6. The zero-order valence-corrected chi connectivity index (χ0v) is 15.7.